The SMILES string of the molecule is NCCSCn1cncn1. The van der Waals surface area contributed by atoms with Gasteiger partial charge in [-0.25, -0.2) is 9.67 Å². The first kappa shape index (κ1) is 7.56. The molecule has 0 bridgehead atoms. The number of thioether (sulfide) groups is 1. The van der Waals surface area contributed by atoms with Gasteiger partial charge in [0.05, 0.1) is 5.88 Å². The maximum absolute atomic E-state index is 5.30. The molecule has 0 aliphatic carbocycles. The van der Waals surface area contributed by atoms with E-state index in [9.17, 15) is 0 Å². The molecule has 0 aliphatic rings. The zero-order valence-electron chi connectivity index (χ0n) is 5.60. The molecule has 0 spiro atoms. The van der Waals surface area contributed by atoms with Crippen LogP contribution in [0.1, 0.15) is 0 Å². The van der Waals surface area contributed by atoms with Gasteiger partial charge in [0.1, 0.15) is 12.7 Å². The van der Waals surface area contributed by atoms with Crippen molar-refractivity contribution in [2.24, 2.45) is 5.73 Å². The Kier molecular flexibility index (Phi) is 3.25. The summed E-state index contributed by atoms with van der Waals surface area (Å²) in [6, 6.07) is 0. The van der Waals surface area contributed by atoms with Gasteiger partial charge in [-0.05, 0) is 0 Å². The lowest BCUT2D eigenvalue weighted by Gasteiger charge is -1.96. The molecule has 1 aromatic heterocycles. The van der Waals surface area contributed by atoms with Gasteiger partial charge in [-0.1, -0.05) is 0 Å². The number of aromatic nitrogens is 3. The van der Waals surface area contributed by atoms with Crippen LogP contribution in [-0.4, -0.2) is 27.1 Å². The second kappa shape index (κ2) is 4.29. The van der Waals surface area contributed by atoms with Crippen LogP contribution in [0.25, 0.3) is 0 Å². The molecule has 1 rings (SSSR count). The quantitative estimate of drug-likeness (QED) is 0.623. The average molecular weight is 158 g/mol. The minimum absolute atomic E-state index is 0.722. The number of hydrogen-bond donors (Lipinski definition) is 1. The second-order valence-electron chi connectivity index (χ2n) is 1.76. The lowest BCUT2D eigenvalue weighted by molar-refractivity contribution is 0.748. The Labute approximate surface area is 63.8 Å². The standard InChI is InChI=1S/C5H10N4S/c6-1-2-10-5-9-4-7-3-8-9/h3-4H,1-2,5-6H2. The van der Waals surface area contributed by atoms with Gasteiger partial charge >= 0.3 is 0 Å². The van der Waals surface area contributed by atoms with Crippen molar-refractivity contribution < 1.29 is 0 Å². The van der Waals surface area contributed by atoms with E-state index in [-0.39, 0.29) is 0 Å². The fraction of sp³-hybridized carbons (Fsp3) is 0.600. The molecule has 0 saturated carbocycles. The highest BCUT2D eigenvalue weighted by molar-refractivity contribution is 7.98. The van der Waals surface area contributed by atoms with E-state index < -0.39 is 0 Å². The first-order chi connectivity index (χ1) is 4.93. The molecular formula is C5H10N4S. The largest absolute Gasteiger partial charge is 0.330 e. The van der Waals surface area contributed by atoms with Crippen molar-refractivity contribution >= 4 is 11.8 Å². The minimum atomic E-state index is 0.722. The van der Waals surface area contributed by atoms with Crippen molar-refractivity contribution in [3.05, 3.63) is 12.7 Å². The number of rotatable bonds is 4. The zero-order chi connectivity index (χ0) is 7.23. The van der Waals surface area contributed by atoms with Crippen LogP contribution in [0.2, 0.25) is 0 Å². The lowest BCUT2D eigenvalue weighted by atomic mass is 10.8. The number of nitrogens with two attached hydrogens (primary N) is 1. The average Bonchev–Trinajstić information content (AvgIpc) is 2.41. The Morgan fingerprint density at radius 3 is 3.10 bits per heavy atom. The molecule has 0 fully saturated rings. The summed E-state index contributed by atoms with van der Waals surface area (Å²) in [7, 11) is 0. The monoisotopic (exact) mass is 158 g/mol. The molecule has 10 heavy (non-hydrogen) atoms. The van der Waals surface area contributed by atoms with Crippen molar-refractivity contribution in [2.45, 2.75) is 5.88 Å². The third-order valence-corrected chi connectivity index (χ3v) is 1.92. The summed E-state index contributed by atoms with van der Waals surface area (Å²) in [5.74, 6) is 1.82. The van der Waals surface area contributed by atoms with Gasteiger partial charge in [0, 0.05) is 12.3 Å². The Morgan fingerprint density at radius 1 is 1.60 bits per heavy atom. The molecule has 0 radical (unpaired) electrons. The highest BCUT2D eigenvalue weighted by Gasteiger charge is 1.88. The third kappa shape index (κ3) is 2.36. The number of nitrogens with zero attached hydrogens (tertiary/aromatic N) is 3. The highest BCUT2D eigenvalue weighted by atomic mass is 32.2. The summed E-state index contributed by atoms with van der Waals surface area (Å²) >= 11 is 1.75. The van der Waals surface area contributed by atoms with Crippen LogP contribution >= 0.6 is 11.8 Å². The van der Waals surface area contributed by atoms with Crippen molar-refractivity contribution in [3.63, 3.8) is 0 Å². The van der Waals surface area contributed by atoms with E-state index in [1.54, 1.807) is 22.8 Å². The Hall–Kier alpha value is -0.550. The van der Waals surface area contributed by atoms with Gasteiger partial charge in [-0.2, -0.15) is 5.10 Å². The molecule has 4 nitrogen and oxygen atoms in total. The maximum atomic E-state index is 5.30. The van der Waals surface area contributed by atoms with E-state index in [1.165, 1.54) is 6.33 Å². The van der Waals surface area contributed by atoms with E-state index in [2.05, 4.69) is 10.1 Å². The zero-order valence-corrected chi connectivity index (χ0v) is 6.42. The fourth-order valence-electron chi connectivity index (χ4n) is 0.541. The van der Waals surface area contributed by atoms with E-state index in [0.29, 0.717) is 0 Å². The van der Waals surface area contributed by atoms with Gasteiger partial charge in [0.25, 0.3) is 0 Å². The van der Waals surface area contributed by atoms with Crippen molar-refractivity contribution in [1.82, 2.24) is 14.8 Å². The van der Waals surface area contributed by atoms with E-state index in [4.69, 9.17) is 5.73 Å². The third-order valence-electron chi connectivity index (χ3n) is 0.952. The summed E-state index contributed by atoms with van der Waals surface area (Å²) in [5.41, 5.74) is 5.30. The molecular weight excluding hydrogens is 148 g/mol. The molecule has 2 N–H and O–H groups in total. The molecule has 1 aromatic rings. The Balaban J connectivity index is 2.15. The van der Waals surface area contributed by atoms with Crippen molar-refractivity contribution in [3.8, 4) is 0 Å². The minimum Gasteiger partial charge on any atom is -0.330 e. The first-order valence-corrected chi connectivity index (χ1v) is 4.19. The van der Waals surface area contributed by atoms with Crippen LogP contribution in [-0.2, 0) is 5.88 Å². The highest BCUT2D eigenvalue weighted by Crippen LogP contribution is 2.00. The molecule has 0 saturated heterocycles. The summed E-state index contributed by atoms with van der Waals surface area (Å²) in [6.45, 7) is 0.722. The van der Waals surface area contributed by atoms with Crippen LogP contribution in [0.4, 0.5) is 0 Å². The fourth-order valence-corrected chi connectivity index (χ4v) is 1.16. The molecule has 0 aromatic carbocycles. The first-order valence-electron chi connectivity index (χ1n) is 3.03. The van der Waals surface area contributed by atoms with Gasteiger partial charge in [0.2, 0.25) is 0 Å². The smallest absolute Gasteiger partial charge is 0.137 e. The normalized spacial score (nSPS) is 10.1. The Morgan fingerprint density at radius 2 is 2.50 bits per heavy atom. The van der Waals surface area contributed by atoms with Crippen LogP contribution < -0.4 is 5.73 Å². The van der Waals surface area contributed by atoms with Crippen LogP contribution in [0.5, 0.6) is 0 Å². The van der Waals surface area contributed by atoms with Crippen LogP contribution in [0.15, 0.2) is 12.7 Å². The predicted octanol–water partition coefficient (Wildman–Crippen LogP) is -0.0725. The van der Waals surface area contributed by atoms with Crippen LogP contribution in [0, 0.1) is 0 Å². The second-order valence-corrected chi connectivity index (χ2v) is 2.84. The van der Waals surface area contributed by atoms with Crippen molar-refractivity contribution in [2.75, 3.05) is 12.3 Å². The van der Waals surface area contributed by atoms with Gasteiger partial charge in [0.15, 0.2) is 0 Å². The van der Waals surface area contributed by atoms with E-state index in [1.807, 2.05) is 0 Å². The topological polar surface area (TPSA) is 56.7 Å². The van der Waals surface area contributed by atoms with Gasteiger partial charge < -0.3 is 5.73 Å². The lowest BCUT2D eigenvalue weighted by Crippen LogP contribution is -2.03. The molecule has 56 valence electrons. The number of hydrogen-bond acceptors (Lipinski definition) is 4. The molecule has 0 aliphatic heterocycles. The summed E-state index contributed by atoms with van der Waals surface area (Å²) < 4.78 is 1.78. The molecule has 0 atom stereocenters. The van der Waals surface area contributed by atoms with Gasteiger partial charge in [-0.3, -0.25) is 0 Å². The van der Waals surface area contributed by atoms with E-state index >= 15 is 0 Å². The summed E-state index contributed by atoms with van der Waals surface area (Å²) in [6.07, 6.45) is 3.23. The maximum Gasteiger partial charge on any atom is 0.137 e. The summed E-state index contributed by atoms with van der Waals surface area (Å²) in [5, 5.41) is 3.93. The van der Waals surface area contributed by atoms with Crippen molar-refractivity contribution in [1.29, 1.82) is 0 Å². The molecule has 1 heterocycles. The summed E-state index contributed by atoms with van der Waals surface area (Å²) in [4.78, 5) is 3.81. The Bertz CT molecular complexity index is 162. The molecule has 0 unspecified atom stereocenters. The van der Waals surface area contributed by atoms with Gasteiger partial charge in [-0.15, -0.1) is 11.8 Å². The van der Waals surface area contributed by atoms with E-state index in [0.717, 1.165) is 18.2 Å². The molecule has 5 heteroatoms. The van der Waals surface area contributed by atoms with Crippen LogP contribution in [0.3, 0.4) is 0 Å². The predicted molar refractivity (Wildman–Crippen MR) is 41.5 cm³/mol. The molecule has 0 amide bonds.